The fraction of sp³-hybridized carbons (Fsp3) is 0.588. The minimum atomic E-state index is -1.24. The van der Waals surface area contributed by atoms with Gasteiger partial charge in [0.15, 0.2) is 5.60 Å². The molecule has 1 aliphatic rings. The highest BCUT2D eigenvalue weighted by atomic mass is 16.3. The first-order valence-corrected chi connectivity index (χ1v) is 7.80. The third-order valence-electron chi connectivity index (χ3n) is 4.02. The second-order valence-corrected chi connectivity index (χ2v) is 6.20. The molecule has 1 saturated heterocycles. The number of likely N-dealkylation sites (tertiary alicyclic amines) is 1. The predicted octanol–water partition coefficient (Wildman–Crippen LogP) is 1.58. The van der Waals surface area contributed by atoms with E-state index in [4.69, 9.17) is 0 Å². The van der Waals surface area contributed by atoms with E-state index in [9.17, 15) is 9.90 Å². The third-order valence-corrected chi connectivity index (χ3v) is 4.02. The third kappa shape index (κ3) is 4.29. The molecule has 1 amide bonds. The molecule has 1 aromatic rings. The van der Waals surface area contributed by atoms with Gasteiger partial charge >= 0.3 is 0 Å². The lowest BCUT2D eigenvalue weighted by Gasteiger charge is -2.38. The minimum Gasteiger partial charge on any atom is -0.379 e. The van der Waals surface area contributed by atoms with Crippen molar-refractivity contribution < 1.29 is 9.90 Å². The van der Waals surface area contributed by atoms with Crippen LogP contribution in [0, 0.1) is 0 Å². The molecule has 2 rings (SSSR count). The maximum atomic E-state index is 12.5. The van der Waals surface area contributed by atoms with Crippen molar-refractivity contribution in [3.63, 3.8) is 0 Å². The summed E-state index contributed by atoms with van der Waals surface area (Å²) < 4.78 is 0. The number of piperidine rings is 1. The van der Waals surface area contributed by atoms with E-state index in [0.717, 1.165) is 19.4 Å². The van der Waals surface area contributed by atoms with E-state index in [-0.39, 0.29) is 11.9 Å². The van der Waals surface area contributed by atoms with Gasteiger partial charge in [-0.3, -0.25) is 4.79 Å². The van der Waals surface area contributed by atoms with Crippen molar-refractivity contribution in [1.29, 1.82) is 0 Å². The van der Waals surface area contributed by atoms with Gasteiger partial charge in [0.05, 0.1) is 0 Å². The summed E-state index contributed by atoms with van der Waals surface area (Å²) >= 11 is 0. The number of rotatable bonds is 6. The maximum Gasteiger partial charge on any atom is 0.255 e. The largest absolute Gasteiger partial charge is 0.379 e. The highest BCUT2D eigenvalue weighted by molar-refractivity contribution is 5.86. The molecule has 0 aliphatic carbocycles. The van der Waals surface area contributed by atoms with Gasteiger partial charge in [0.1, 0.15) is 0 Å². The fourth-order valence-corrected chi connectivity index (χ4v) is 2.72. The number of carbonyl (C=O) groups is 1. The summed E-state index contributed by atoms with van der Waals surface area (Å²) in [7, 11) is 0. The van der Waals surface area contributed by atoms with Gasteiger partial charge in [-0.2, -0.15) is 0 Å². The van der Waals surface area contributed by atoms with Gasteiger partial charge < -0.3 is 15.3 Å². The molecule has 4 nitrogen and oxygen atoms in total. The Labute approximate surface area is 127 Å². The molecule has 21 heavy (non-hydrogen) atoms. The zero-order valence-electron chi connectivity index (χ0n) is 13.0. The van der Waals surface area contributed by atoms with Crippen molar-refractivity contribution in [2.45, 2.75) is 44.8 Å². The fourth-order valence-electron chi connectivity index (χ4n) is 2.72. The molecule has 1 fully saturated rings. The Balaban J connectivity index is 1.93. The molecular formula is C17H26N2O2. The summed E-state index contributed by atoms with van der Waals surface area (Å²) in [6, 6.07) is 10.4. The summed E-state index contributed by atoms with van der Waals surface area (Å²) in [5.74, 6) is -0.127. The molecule has 0 radical (unpaired) electrons. The van der Waals surface area contributed by atoms with Crippen LogP contribution in [0.1, 0.15) is 32.3 Å². The number of amides is 1. The topological polar surface area (TPSA) is 52.6 Å². The van der Waals surface area contributed by atoms with E-state index in [1.165, 1.54) is 5.56 Å². The average molecular weight is 290 g/mol. The van der Waals surface area contributed by atoms with E-state index in [1.54, 1.807) is 4.90 Å². The van der Waals surface area contributed by atoms with Gasteiger partial charge in [0.25, 0.3) is 5.91 Å². The summed E-state index contributed by atoms with van der Waals surface area (Å²) in [4.78, 5) is 14.3. The van der Waals surface area contributed by atoms with E-state index >= 15 is 0 Å². The molecule has 0 bridgehead atoms. The number of carbonyl (C=O) groups excluding carboxylic acids is 1. The lowest BCUT2D eigenvalue weighted by atomic mass is 9.91. The first-order valence-electron chi connectivity index (χ1n) is 7.80. The Hall–Kier alpha value is -1.39. The SMILES string of the molecule is CC(C)NC[C@]1(O)CCCN(CCc2ccccc2)C1=O. The molecule has 0 aromatic heterocycles. The lowest BCUT2D eigenvalue weighted by Crippen LogP contribution is -2.58. The van der Waals surface area contributed by atoms with Gasteiger partial charge in [-0.05, 0) is 24.8 Å². The van der Waals surface area contributed by atoms with Crippen LogP contribution in [0.4, 0.5) is 0 Å². The molecule has 2 N–H and O–H groups in total. The van der Waals surface area contributed by atoms with Crippen LogP contribution in [-0.2, 0) is 11.2 Å². The molecule has 1 aliphatic heterocycles. The van der Waals surface area contributed by atoms with Gasteiger partial charge in [-0.25, -0.2) is 0 Å². The van der Waals surface area contributed by atoms with Gasteiger partial charge in [-0.15, -0.1) is 0 Å². The molecule has 1 atom stereocenters. The monoisotopic (exact) mass is 290 g/mol. The Morgan fingerprint density at radius 2 is 2.05 bits per heavy atom. The lowest BCUT2D eigenvalue weighted by molar-refractivity contribution is -0.156. The number of nitrogens with zero attached hydrogens (tertiary/aromatic N) is 1. The van der Waals surface area contributed by atoms with Crippen molar-refractivity contribution in [2.75, 3.05) is 19.6 Å². The normalized spacial score (nSPS) is 22.9. The van der Waals surface area contributed by atoms with Gasteiger partial charge in [0, 0.05) is 25.7 Å². The second-order valence-electron chi connectivity index (χ2n) is 6.20. The number of nitrogens with one attached hydrogen (secondary N) is 1. The van der Waals surface area contributed by atoms with Crippen LogP contribution >= 0.6 is 0 Å². The number of aliphatic hydroxyl groups is 1. The van der Waals surface area contributed by atoms with Crippen LogP contribution in [0.15, 0.2) is 30.3 Å². The van der Waals surface area contributed by atoms with Gasteiger partial charge in [0.2, 0.25) is 0 Å². The molecule has 116 valence electrons. The molecule has 0 unspecified atom stereocenters. The quantitative estimate of drug-likeness (QED) is 0.836. The van der Waals surface area contributed by atoms with E-state index in [2.05, 4.69) is 17.4 Å². The zero-order valence-corrected chi connectivity index (χ0v) is 13.0. The van der Waals surface area contributed by atoms with E-state index in [0.29, 0.717) is 19.5 Å². The Morgan fingerprint density at radius 1 is 1.33 bits per heavy atom. The van der Waals surface area contributed by atoms with Crippen LogP contribution in [-0.4, -0.2) is 47.2 Å². The highest BCUT2D eigenvalue weighted by Gasteiger charge is 2.41. The van der Waals surface area contributed by atoms with Crippen molar-refractivity contribution >= 4 is 5.91 Å². The highest BCUT2D eigenvalue weighted by Crippen LogP contribution is 2.22. The van der Waals surface area contributed by atoms with Crippen LogP contribution in [0.2, 0.25) is 0 Å². The van der Waals surface area contributed by atoms with Crippen molar-refractivity contribution in [3.05, 3.63) is 35.9 Å². The first-order chi connectivity index (χ1) is 10.0. The summed E-state index contributed by atoms with van der Waals surface area (Å²) in [6.45, 7) is 5.79. The molecule has 0 saturated carbocycles. The Bertz CT molecular complexity index is 461. The maximum absolute atomic E-state index is 12.5. The summed E-state index contributed by atoms with van der Waals surface area (Å²) in [6.07, 6.45) is 2.24. The smallest absolute Gasteiger partial charge is 0.255 e. The standard InChI is InChI=1S/C17H26N2O2/c1-14(2)18-13-17(21)10-6-11-19(16(17)20)12-9-15-7-4-3-5-8-15/h3-5,7-8,14,18,21H,6,9-13H2,1-2H3/t17-/m1/s1. The van der Waals surface area contributed by atoms with Gasteiger partial charge in [-0.1, -0.05) is 44.2 Å². The molecule has 4 heteroatoms. The van der Waals surface area contributed by atoms with Crippen molar-refractivity contribution in [2.24, 2.45) is 0 Å². The van der Waals surface area contributed by atoms with Crippen molar-refractivity contribution in [1.82, 2.24) is 10.2 Å². The van der Waals surface area contributed by atoms with Crippen molar-refractivity contribution in [3.8, 4) is 0 Å². The Kier molecular flexibility index (Phi) is 5.37. The van der Waals surface area contributed by atoms with Crippen LogP contribution in [0.3, 0.4) is 0 Å². The van der Waals surface area contributed by atoms with Crippen LogP contribution < -0.4 is 5.32 Å². The minimum absolute atomic E-state index is 0.127. The summed E-state index contributed by atoms with van der Waals surface area (Å²) in [5.41, 5.74) is -0.0149. The molecule has 1 heterocycles. The van der Waals surface area contributed by atoms with Crippen LogP contribution in [0.5, 0.6) is 0 Å². The second kappa shape index (κ2) is 7.05. The molecule has 0 spiro atoms. The summed E-state index contributed by atoms with van der Waals surface area (Å²) in [5, 5.41) is 13.8. The van der Waals surface area contributed by atoms with E-state index < -0.39 is 5.60 Å². The number of hydrogen-bond donors (Lipinski definition) is 2. The first kappa shape index (κ1) is 16.0. The predicted molar refractivity (Wildman–Crippen MR) is 84.0 cm³/mol. The molecule has 1 aromatic carbocycles. The Morgan fingerprint density at radius 3 is 2.71 bits per heavy atom. The molecular weight excluding hydrogens is 264 g/mol. The average Bonchev–Trinajstić information content (AvgIpc) is 2.48. The number of hydrogen-bond acceptors (Lipinski definition) is 3. The van der Waals surface area contributed by atoms with Crippen LogP contribution in [0.25, 0.3) is 0 Å². The van der Waals surface area contributed by atoms with E-state index in [1.807, 2.05) is 32.0 Å². The zero-order chi connectivity index (χ0) is 15.3. The number of benzene rings is 1.